The van der Waals surface area contributed by atoms with Crippen LogP contribution < -0.4 is 5.73 Å². The van der Waals surface area contributed by atoms with Crippen LogP contribution in [0.4, 0.5) is 0 Å². The van der Waals surface area contributed by atoms with Gasteiger partial charge in [-0.1, -0.05) is 47.0 Å². The predicted molar refractivity (Wildman–Crippen MR) is 83.0 cm³/mol. The molecule has 0 saturated heterocycles. The highest BCUT2D eigenvalue weighted by molar-refractivity contribution is 4.92. The van der Waals surface area contributed by atoms with Crippen molar-refractivity contribution in [3.63, 3.8) is 0 Å². The molecule has 0 bridgehead atoms. The summed E-state index contributed by atoms with van der Waals surface area (Å²) < 4.78 is 0. The summed E-state index contributed by atoms with van der Waals surface area (Å²) in [6, 6.07) is 0.650. The summed E-state index contributed by atoms with van der Waals surface area (Å²) in [5, 5.41) is 0. The van der Waals surface area contributed by atoms with E-state index in [0.29, 0.717) is 6.04 Å². The Morgan fingerprint density at radius 3 is 2.06 bits per heavy atom. The molecule has 0 spiro atoms. The van der Waals surface area contributed by atoms with E-state index in [1.807, 2.05) is 0 Å². The van der Waals surface area contributed by atoms with E-state index in [1.54, 1.807) is 0 Å². The van der Waals surface area contributed by atoms with Gasteiger partial charge in [0, 0.05) is 18.1 Å². The molecule has 0 fully saturated rings. The van der Waals surface area contributed by atoms with Gasteiger partial charge >= 0.3 is 0 Å². The van der Waals surface area contributed by atoms with Gasteiger partial charge in [0.1, 0.15) is 0 Å². The molecule has 0 heterocycles. The van der Waals surface area contributed by atoms with Crippen LogP contribution in [0.25, 0.3) is 0 Å². The quantitative estimate of drug-likeness (QED) is 0.601. The minimum atomic E-state index is 0.237. The summed E-state index contributed by atoms with van der Waals surface area (Å²) >= 11 is 0. The van der Waals surface area contributed by atoms with Crippen LogP contribution in [0.2, 0.25) is 0 Å². The first-order chi connectivity index (χ1) is 8.61. The van der Waals surface area contributed by atoms with Crippen molar-refractivity contribution >= 4 is 0 Å². The molecule has 0 aliphatic rings. The highest BCUT2D eigenvalue weighted by Crippen LogP contribution is 2.29. The Balaban J connectivity index is 4.92. The molecule has 2 nitrogen and oxygen atoms in total. The standard InChI is InChI=1S/C16H36N2/c1-6-10-12-16(9-4,14-17)18(13-11-7-2)15(5)8-3/h15H,6-14,17H2,1-5H3. The summed E-state index contributed by atoms with van der Waals surface area (Å²) in [4.78, 5) is 2.71. The highest BCUT2D eigenvalue weighted by atomic mass is 15.2. The first-order valence-corrected chi connectivity index (χ1v) is 8.08. The van der Waals surface area contributed by atoms with Gasteiger partial charge < -0.3 is 5.73 Å². The third-order valence-corrected chi connectivity index (χ3v) is 4.52. The van der Waals surface area contributed by atoms with Crippen LogP contribution in [0.3, 0.4) is 0 Å². The maximum absolute atomic E-state index is 6.18. The Kier molecular flexibility index (Phi) is 9.76. The number of hydrogen-bond donors (Lipinski definition) is 1. The van der Waals surface area contributed by atoms with Crippen LogP contribution in [-0.2, 0) is 0 Å². The predicted octanol–water partition coefficient (Wildman–Crippen LogP) is 4.18. The summed E-state index contributed by atoms with van der Waals surface area (Å²) in [6.07, 6.45) is 8.77. The lowest BCUT2D eigenvalue weighted by atomic mass is 9.86. The van der Waals surface area contributed by atoms with Gasteiger partial charge in [-0.3, -0.25) is 4.90 Å². The first kappa shape index (κ1) is 17.9. The monoisotopic (exact) mass is 256 g/mol. The van der Waals surface area contributed by atoms with Crippen LogP contribution in [0.5, 0.6) is 0 Å². The smallest absolute Gasteiger partial charge is 0.0331 e. The zero-order chi connectivity index (χ0) is 14.0. The first-order valence-electron chi connectivity index (χ1n) is 8.08. The number of nitrogens with zero attached hydrogens (tertiary/aromatic N) is 1. The minimum Gasteiger partial charge on any atom is -0.329 e. The average Bonchev–Trinajstić information content (AvgIpc) is 2.42. The van der Waals surface area contributed by atoms with Crippen LogP contribution in [0, 0.1) is 0 Å². The fourth-order valence-corrected chi connectivity index (χ4v) is 2.87. The molecule has 0 aromatic rings. The van der Waals surface area contributed by atoms with E-state index < -0.39 is 0 Å². The Morgan fingerprint density at radius 1 is 1.06 bits per heavy atom. The van der Waals surface area contributed by atoms with Gasteiger partial charge in [-0.2, -0.15) is 0 Å². The average molecular weight is 256 g/mol. The molecule has 18 heavy (non-hydrogen) atoms. The van der Waals surface area contributed by atoms with E-state index in [9.17, 15) is 0 Å². The Morgan fingerprint density at radius 2 is 1.67 bits per heavy atom. The zero-order valence-electron chi connectivity index (χ0n) is 13.5. The molecule has 2 N–H and O–H groups in total. The molecule has 2 unspecified atom stereocenters. The number of rotatable bonds is 11. The van der Waals surface area contributed by atoms with Crippen LogP contribution in [0.1, 0.15) is 79.6 Å². The Bertz CT molecular complexity index is 188. The highest BCUT2D eigenvalue weighted by Gasteiger charge is 2.34. The molecule has 0 aromatic heterocycles. The molecule has 0 aliphatic carbocycles. The lowest BCUT2D eigenvalue weighted by Crippen LogP contribution is -2.57. The molecule has 0 rings (SSSR count). The molecular weight excluding hydrogens is 220 g/mol. The second-order valence-electron chi connectivity index (χ2n) is 5.69. The fraction of sp³-hybridized carbons (Fsp3) is 1.00. The normalized spacial score (nSPS) is 16.8. The molecule has 2 heteroatoms. The van der Waals surface area contributed by atoms with Crippen molar-refractivity contribution in [2.45, 2.75) is 91.1 Å². The van der Waals surface area contributed by atoms with Crippen LogP contribution in [0.15, 0.2) is 0 Å². The summed E-state index contributed by atoms with van der Waals surface area (Å²) in [5.41, 5.74) is 6.42. The summed E-state index contributed by atoms with van der Waals surface area (Å²) in [5.74, 6) is 0. The maximum Gasteiger partial charge on any atom is 0.0331 e. The fourth-order valence-electron chi connectivity index (χ4n) is 2.87. The van der Waals surface area contributed by atoms with Gasteiger partial charge in [0.2, 0.25) is 0 Å². The topological polar surface area (TPSA) is 29.3 Å². The van der Waals surface area contributed by atoms with Crippen molar-refractivity contribution in [1.29, 1.82) is 0 Å². The molecule has 2 atom stereocenters. The van der Waals surface area contributed by atoms with E-state index in [-0.39, 0.29) is 5.54 Å². The largest absolute Gasteiger partial charge is 0.329 e. The van der Waals surface area contributed by atoms with E-state index in [1.165, 1.54) is 51.5 Å². The van der Waals surface area contributed by atoms with Gasteiger partial charge in [0.25, 0.3) is 0 Å². The third-order valence-electron chi connectivity index (χ3n) is 4.52. The number of nitrogens with two attached hydrogens (primary N) is 1. The maximum atomic E-state index is 6.18. The third kappa shape index (κ3) is 4.89. The summed E-state index contributed by atoms with van der Waals surface area (Å²) in [6.45, 7) is 13.5. The molecular formula is C16H36N2. The van der Waals surface area contributed by atoms with Crippen molar-refractivity contribution < 1.29 is 0 Å². The van der Waals surface area contributed by atoms with Gasteiger partial charge in [0.15, 0.2) is 0 Å². The van der Waals surface area contributed by atoms with Crippen molar-refractivity contribution in [2.24, 2.45) is 5.73 Å². The molecule has 0 saturated carbocycles. The number of hydrogen-bond acceptors (Lipinski definition) is 2. The molecule has 0 amide bonds. The molecule has 0 aromatic carbocycles. The van der Waals surface area contributed by atoms with Gasteiger partial charge in [-0.25, -0.2) is 0 Å². The SMILES string of the molecule is CCCCN(C(C)CC)C(CC)(CN)CCCC. The van der Waals surface area contributed by atoms with Crippen LogP contribution in [-0.4, -0.2) is 29.6 Å². The Hall–Kier alpha value is -0.0800. The van der Waals surface area contributed by atoms with Gasteiger partial charge in [-0.05, 0) is 39.2 Å². The molecule has 0 aliphatic heterocycles. The summed E-state index contributed by atoms with van der Waals surface area (Å²) in [7, 11) is 0. The van der Waals surface area contributed by atoms with Crippen molar-refractivity contribution in [3.8, 4) is 0 Å². The zero-order valence-corrected chi connectivity index (χ0v) is 13.5. The second kappa shape index (κ2) is 9.80. The van der Waals surface area contributed by atoms with Crippen molar-refractivity contribution in [3.05, 3.63) is 0 Å². The van der Waals surface area contributed by atoms with Crippen LogP contribution >= 0.6 is 0 Å². The molecule has 0 radical (unpaired) electrons. The van der Waals surface area contributed by atoms with Crippen molar-refractivity contribution in [1.82, 2.24) is 4.90 Å². The van der Waals surface area contributed by atoms with E-state index >= 15 is 0 Å². The van der Waals surface area contributed by atoms with Gasteiger partial charge in [-0.15, -0.1) is 0 Å². The lowest BCUT2D eigenvalue weighted by Gasteiger charge is -2.46. The second-order valence-corrected chi connectivity index (χ2v) is 5.69. The van der Waals surface area contributed by atoms with E-state index in [4.69, 9.17) is 5.73 Å². The van der Waals surface area contributed by atoms with E-state index in [0.717, 1.165) is 6.54 Å². The lowest BCUT2D eigenvalue weighted by molar-refractivity contribution is 0.0384. The number of unbranched alkanes of at least 4 members (excludes halogenated alkanes) is 2. The minimum absolute atomic E-state index is 0.237. The Labute approximate surface area is 115 Å². The molecule has 110 valence electrons. The van der Waals surface area contributed by atoms with Crippen molar-refractivity contribution in [2.75, 3.05) is 13.1 Å². The van der Waals surface area contributed by atoms with E-state index in [2.05, 4.69) is 39.5 Å². The van der Waals surface area contributed by atoms with Gasteiger partial charge in [0.05, 0.1) is 0 Å².